The third-order valence-electron chi connectivity index (χ3n) is 3.36. The van der Waals surface area contributed by atoms with Gasteiger partial charge in [-0.05, 0) is 31.2 Å². The Bertz CT molecular complexity index is 664. The molecule has 2 aromatic rings. The molecule has 2 rings (SSSR count). The Kier molecular flexibility index (Phi) is 4.41. The fraction of sp³-hybridized carbons (Fsp3) is 0.188. The molecule has 102 valence electrons. The summed E-state index contributed by atoms with van der Waals surface area (Å²) in [5, 5.41) is 9.02. The molecule has 2 aromatic carbocycles. The Hall–Kier alpha value is -1.86. The number of hydrogen-bond acceptors (Lipinski definition) is 2. The van der Waals surface area contributed by atoms with Gasteiger partial charge in [0.15, 0.2) is 0 Å². The van der Waals surface area contributed by atoms with Crippen LogP contribution in [0.2, 0.25) is 0 Å². The van der Waals surface area contributed by atoms with E-state index in [1.54, 1.807) is 24.3 Å². The number of halogens is 2. The lowest BCUT2D eigenvalue weighted by atomic mass is 10.1. The SMILES string of the molecule is CC(c1ccccc1F)N(C)c1cc(Br)cc(C#N)c1. The maximum atomic E-state index is 13.9. The van der Waals surface area contributed by atoms with Gasteiger partial charge >= 0.3 is 0 Å². The predicted molar refractivity (Wildman–Crippen MR) is 82.1 cm³/mol. The van der Waals surface area contributed by atoms with E-state index in [0.29, 0.717) is 11.1 Å². The van der Waals surface area contributed by atoms with Crippen molar-refractivity contribution in [2.75, 3.05) is 11.9 Å². The van der Waals surface area contributed by atoms with Crippen molar-refractivity contribution >= 4 is 21.6 Å². The molecule has 0 aliphatic heterocycles. The molecule has 0 radical (unpaired) electrons. The van der Waals surface area contributed by atoms with Crippen LogP contribution in [0.4, 0.5) is 10.1 Å². The topological polar surface area (TPSA) is 27.0 Å². The lowest BCUT2D eigenvalue weighted by Crippen LogP contribution is -2.22. The largest absolute Gasteiger partial charge is 0.368 e. The van der Waals surface area contributed by atoms with Crippen LogP contribution in [0.3, 0.4) is 0 Å². The number of hydrogen-bond donors (Lipinski definition) is 0. The van der Waals surface area contributed by atoms with Crippen molar-refractivity contribution in [1.82, 2.24) is 0 Å². The van der Waals surface area contributed by atoms with Gasteiger partial charge in [-0.15, -0.1) is 0 Å². The minimum atomic E-state index is -0.220. The molecule has 0 fully saturated rings. The summed E-state index contributed by atoms with van der Waals surface area (Å²) in [6.07, 6.45) is 0. The zero-order valence-corrected chi connectivity index (χ0v) is 12.9. The molecule has 4 heteroatoms. The van der Waals surface area contributed by atoms with Gasteiger partial charge in [0.1, 0.15) is 5.82 Å². The van der Waals surface area contributed by atoms with Gasteiger partial charge in [-0.3, -0.25) is 0 Å². The van der Waals surface area contributed by atoms with Crippen LogP contribution in [0.1, 0.15) is 24.1 Å². The Morgan fingerprint density at radius 2 is 1.95 bits per heavy atom. The molecule has 20 heavy (non-hydrogen) atoms. The third kappa shape index (κ3) is 3.00. The second-order valence-corrected chi connectivity index (χ2v) is 5.53. The number of nitrogens with zero attached hydrogens (tertiary/aromatic N) is 2. The zero-order valence-electron chi connectivity index (χ0n) is 11.3. The minimum absolute atomic E-state index is 0.128. The molecule has 0 aliphatic carbocycles. The summed E-state index contributed by atoms with van der Waals surface area (Å²) in [5.41, 5.74) is 2.07. The first-order valence-corrected chi connectivity index (χ1v) is 7.00. The van der Waals surface area contributed by atoms with E-state index in [-0.39, 0.29) is 11.9 Å². The van der Waals surface area contributed by atoms with Crippen LogP contribution < -0.4 is 4.90 Å². The van der Waals surface area contributed by atoms with Gasteiger partial charge in [0.2, 0.25) is 0 Å². The second-order valence-electron chi connectivity index (χ2n) is 4.62. The van der Waals surface area contributed by atoms with Crippen LogP contribution in [-0.2, 0) is 0 Å². The highest BCUT2D eigenvalue weighted by Gasteiger charge is 2.16. The van der Waals surface area contributed by atoms with E-state index >= 15 is 0 Å². The van der Waals surface area contributed by atoms with E-state index in [0.717, 1.165) is 10.2 Å². The van der Waals surface area contributed by atoms with Gasteiger partial charge in [-0.25, -0.2) is 4.39 Å². The van der Waals surface area contributed by atoms with Crippen LogP contribution in [0, 0.1) is 17.1 Å². The van der Waals surface area contributed by atoms with Crippen LogP contribution >= 0.6 is 15.9 Å². The molecule has 2 nitrogen and oxygen atoms in total. The average Bonchev–Trinajstić information content (AvgIpc) is 2.45. The monoisotopic (exact) mass is 332 g/mol. The Balaban J connectivity index is 2.36. The molecule has 0 bridgehead atoms. The Morgan fingerprint density at radius 3 is 2.60 bits per heavy atom. The van der Waals surface area contributed by atoms with Crippen molar-refractivity contribution in [3.05, 3.63) is 63.9 Å². The van der Waals surface area contributed by atoms with Crippen LogP contribution in [-0.4, -0.2) is 7.05 Å². The van der Waals surface area contributed by atoms with E-state index in [2.05, 4.69) is 22.0 Å². The van der Waals surface area contributed by atoms with Gasteiger partial charge in [0.25, 0.3) is 0 Å². The lowest BCUT2D eigenvalue weighted by Gasteiger charge is -2.28. The van der Waals surface area contributed by atoms with Crippen molar-refractivity contribution in [3.63, 3.8) is 0 Å². The highest BCUT2D eigenvalue weighted by Crippen LogP contribution is 2.29. The average molecular weight is 333 g/mol. The molecule has 0 saturated heterocycles. The maximum Gasteiger partial charge on any atom is 0.128 e. The smallest absolute Gasteiger partial charge is 0.128 e. The minimum Gasteiger partial charge on any atom is -0.368 e. The lowest BCUT2D eigenvalue weighted by molar-refractivity contribution is 0.585. The van der Waals surface area contributed by atoms with E-state index in [4.69, 9.17) is 5.26 Å². The van der Waals surface area contributed by atoms with E-state index < -0.39 is 0 Å². The molecule has 0 saturated carbocycles. The van der Waals surface area contributed by atoms with Crippen molar-refractivity contribution in [2.24, 2.45) is 0 Å². The van der Waals surface area contributed by atoms with Gasteiger partial charge < -0.3 is 4.90 Å². The normalized spacial score (nSPS) is 11.8. The summed E-state index contributed by atoms with van der Waals surface area (Å²) in [7, 11) is 1.89. The summed E-state index contributed by atoms with van der Waals surface area (Å²) < 4.78 is 14.7. The molecule has 0 amide bonds. The summed E-state index contributed by atoms with van der Waals surface area (Å²) in [4.78, 5) is 1.95. The summed E-state index contributed by atoms with van der Waals surface area (Å²) in [6, 6.07) is 14.2. The van der Waals surface area contributed by atoms with Crippen LogP contribution in [0.15, 0.2) is 46.9 Å². The second kappa shape index (κ2) is 6.06. The summed E-state index contributed by atoms with van der Waals surface area (Å²) in [6.45, 7) is 1.94. The molecule has 0 heterocycles. The van der Waals surface area contributed by atoms with Gasteiger partial charge in [-0.1, -0.05) is 34.1 Å². The molecule has 0 N–H and O–H groups in total. The molecular formula is C16H14BrFN2. The number of anilines is 1. The molecule has 0 aromatic heterocycles. The molecule has 0 aliphatic rings. The zero-order chi connectivity index (χ0) is 14.7. The number of rotatable bonds is 3. The predicted octanol–water partition coefficient (Wildman–Crippen LogP) is 4.66. The summed E-state index contributed by atoms with van der Waals surface area (Å²) >= 11 is 3.39. The van der Waals surface area contributed by atoms with Crippen molar-refractivity contribution < 1.29 is 4.39 Å². The van der Waals surface area contributed by atoms with E-state index in [1.165, 1.54) is 6.07 Å². The quantitative estimate of drug-likeness (QED) is 0.817. The van der Waals surface area contributed by atoms with Crippen molar-refractivity contribution in [2.45, 2.75) is 13.0 Å². The van der Waals surface area contributed by atoms with Crippen molar-refractivity contribution in [1.29, 1.82) is 5.26 Å². The maximum absolute atomic E-state index is 13.9. The fourth-order valence-electron chi connectivity index (χ4n) is 2.09. The molecular weight excluding hydrogens is 319 g/mol. The standard InChI is InChI=1S/C16H14BrFN2/c1-11(15-5-3-4-6-16(15)18)20(2)14-8-12(10-19)7-13(17)9-14/h3-9,11H,1-2H3. The first kappa shape index (κ1) is 14.5. The number of benzene rings is 2. The fourth-order valence-corrected chi connectivity index (χ4v) is 2.57. The summed E-state index contributed by atoms with van der Waals surface area (Å²) in [5.74, 6) is -0.220. The first-order valence-electron chi connectivity index (χ1n) is 6.21. The van der Waals surface area contributed by atoms with Crippen molar-refractivity contribution in [3.8, 4) is 6.07 Å². The van der Waals surface area contributed by atoms with Crippen LogP contribution in [0.5, 0.6) is 0 Å². The number of nitriles is 1. The van der Waals surface area contributed by atoms with Gasteiger partial charge in [0.05, 0.1) is 17.7 Å². The van der Waals surface area contributed by atoms with Crippen LogP contribution in [0.25, 0.3) is 0 Å². The Morgan fingerprint density at radius 1 is 1.25 bits per heavy atom. The Labute approximate surface area is 126 Å². The highest BCUT2D eigenvalue weighted by atomic mass is 79.9. The highest BCUT2D eigenvalue weighted by molar-refractivity contribution is 9.10. The molecule has 1 atom stereocenters. The van der Waals surface area contributed by atoms with E-state index in [1.807, 2.05) is 31.0 Å². The van der Waals surface area contributed by atoms with Gasteiger partial charge in [-0.2, -0.15) is 5.26 Å². The van der Waals surface area contributed by atoms with E-state index in [9.17, 15) is 4.39 Å². The molecule has 1 unspecified atom stereocenters. The van der Waals surface area contributed by atoms with Gasteiger partial charge in [0, 0.05) is 22.8 Å². The first-order chi connectivity index (χ1) is 9.52. The third-order valence-corrected chi connectivity index (χ3v) is 3.81. The molecule has 0 spiro atoms.